The van der Waals surface area contributed by atoms with Gasteiger partial charge >= 0.3 is 0 Å². The van der Waals surface area contributed by atoms with E-state index in [1.165, 1.54) is 212 Å². The smallest absolute Gasteiger partial charge is 0.101 e. The van der Waals surface area contributed by atoms with Gasteiger partial charge in [0, 0.05) is 25.5 Å². The maximum Gasteiger partial charge on any atom is 0.101 e. The fourth-order valence-corrected chi connectivity index (χ4v) is 6.69. The summed E-state index contributed by atoms with van der Waals surface area (Å²) in [4.78, 5) is 5.35. The van der Waals surface area contributed by atoms with Crippen LogP contribution in [0.2, 0.25) is 0 Å². The van der Waals surface area contributed by atoms with E-state index in [9.17, 15) is 0 Å². The van der Waals surface area contributed by atoms with Crippen LogP contribution in [-0.2, 0) is 0 Å². The highest BCUT2D eigenvalue weighted by Gasteiger charge is 2.24. The summed E-state index contributed by atoms with van der Waals surface area (Å²) in [6.45, 7) is 9.45. The van der Waals surface area contributed by atoms with Crippen molar-refractivity contribution in [2.75, 3.05) is 13.1 Å². The van der Waals surface area contributed by atoms with Gasteiger partial charge in [-0.2, -0.15) is 0 Å². The standard InChI is InChI=1S/C39H78N2/c1-4-7-10-12-14-16-18-20-21-22-23-24-26-28-30-32-34-39-40(35-9-6-3)37-38-41(39)36-33-31-29-27-25-19-17-15-13-11-8-5-2/h37-39H,4-36H2,1-3H3. The molecule has 1 rings (SSSR count). The first-order chi connectivity index (χ1) is 20.3. The summed E-state index contributed by atoms with van der Waals surface area (Å²) in [5.41, 5.74) is 0. The fourth-order valence-electron chi connectivity index (χ4n) is 6.69. The highest BCUT2D eigenvalue weighted by atomic mass is 15.4. The van der Waals surface area contributed by atoms with Gasteiger partial charge in [-0.05, 0) is 25.7 Å². The van der Waals surface area contributed by atoms with Gasteiger partial charge in [0.15, 0.2) is 0 Å². The van der Waals surface area contributed by atoms with Gasteiger partial charge in [0.05, 0.1) is 0 Å². The Morgan fingerprint density at radius 2 is 0.585 bits per heavy atom. The molecule has 0 fully saturated rings. The van der Waals surface area contributed by atoms with Crippen molar-refractivity contribution in [3.05, 3.63) is 12.4 Å². The number of unbranched alkanes of at least 4 members (excludes halogenated alkanes) is 27. The Morgan fingerprint density at radius 3 is 0.927 bits per heavy atom. The second kappa shape index (κ2) is 30.8. The SMILES string of the molecule is CCCCCCCCCCCCCCCCCCC1N(CCCC)C=CN1CCCCCCCCCCCCCC. The summed E-state index contributed by atoms with van der Waals surface area (Å²) in [7, 11) is 0. The topological polar surface area (TPSA) is 6.48 Å². The molecule has 0 bridgehead atoms. The lowest BCUT2D eigenvalue weighted by molar-refractivity contribution is 0.136. The number of rotatable bonds is 33. The first kappa shape index (κ1) is 38.4. The highest BCUT2D eigenvalue weighted by molar-refractivity contribution is 4.96. The van der Waals surface area contributed by atoms with Crippen LogP contribution >= 0.6 is 0 Å². The van der Waals surface area contributed by atoms with E-state index in [1.54, 1.807) is 0 Å². The van der Waals surface area contributed by atoms with Gasteiger partial charge in [-0.15, -0.1) is 0 Å². The molecule has 0 aliphatic carbocycles. The monoisotopic (exact) mass is 575 g/mol. The zero-order chi connectivity index (χ0) is 29.5. The lowest BCUT2D eigenvalue weighted by atomic mass is 10.0. The lowest BCUT2D eigenvalue weighted by Gasteiger charge is -2.33. The van der Waals surface area contributed by atoms with E-state index >= 15 is 0 Å². The van der Waals surface area contributed by atoms with Gasteiger partial charge in [-0.25, -0.2) is 0 Å². The zero-order valence-electron chi connectivity index (χ0n) is 29.0. The Labute approximate surface area is 260 Å². The number of nitrogens with zero attached hydrogens (tertiary/aromatic N) is 2. The molecular weight excluding hydrogens is 496 g/mol. The van der Waals surface area contributed by atoms with Crippen molar-refractivity contribution in [3.63, 3.8) is 0 Å². The molecule has 41 heavy (non-hydrogen) atoms. The van der Waals surface area contributed by atoms with Gasteiger partial charge in [0.1, 0.15) is 6.17 Å². The Hall–Kier alpha value is -0.660. The van der Waals surface area contributed by atoms with Crippen molar-refractivity contribution in [1.29, 1.82) is 0 Å². The van der Waals surface area contributed by atoms with E-state index in [-0.39, 0.29) is 0 Å². The minimum atomic E-state index is 0.640. The van der Waals surface area contributed by atoms with Crippen molar-refractivity contribution in [3.8, 4) is 0 Å². The minimum Gasteiger partial charge on any atom is -0.356 e. The molecule has 0 aromatic rings. The molecule has 0 saturated heterocycles. The van der Waals surface area contributed by atoms with Crippen LogP contribution in [0.25, 0.3) is 0 Å². The molecule has 0 spiro atoms. The van der Waals surface area contributed by atoms with Crippen molar-refractivity contribution < 1.29 is 0 Å². The quantitative estimate of drug-likeness (QED) is 0.0719. The summed E-state index contributed by atoms with van der Waals surface area (Å²) in [6, 6.07) is 0. The molecule has 244 valence electrons. The third kappa shape index (κ3) is 23.5. The largest absolute Gasteiger partial charge is 0.356 e. The molecule has 0 radical (unpaired) electrons. The predicted molar refractivity (Wildman–Crippen MR) is 186 cm³/mol. The first-order valence-corrected chi connectivity index (χ1v) is 19.5. The molecule has 1 heterocycles. The van der Waals surface area contributed by atoms with E-state index < -0.39 is 0 Å². The lowest BCUT2D eigenvalue weighted by Crippen LogP contribution is -2.39. The van der Waals surface area contributed by atoms with Crippen LogP contribution in [0.4, 0.5) is 0 Å². The van der Waals surface area contributed by atoms with Crippen LogP contribution in [0.5, 0.6) is 0 Å². The molecule has 2 heteroatoms. The summed E-state index contributed by atoms with van der Waals surface area (Å²) in [5.74, 6) is 0. The minimum absolute atomic E-state index is 0.640. The second-order valence-electron chi connectivity index (χ2n) is 13.6. The Kier molecular flexibility index (Phi) is 28.8. The van der Waals surface area contributed by atoms with E-state index in [4.69, 9.17) is 0 Å². The van der Waals surface area contributed by atoms with Crippen LogP contribution in [0.3, 0.4) is 0 Å². The molecule has 0 N–H and O–H groups in total. The van der Waals surface area contributed by atoms with Crippen molar-refractivity contribution in [2.45, 2.75) is 226 Å². The molecule has 1 unspecified atom stereocenters. The van der Waals surface area contributed by atoms with E-state index in [0.717, 1.165) is 0 Å². The third-order valence-electron chi connectivity index (χ3n) is 9.57. The maximum atomic E-state index is 2.69. The molecular formula is C39H78N2. The summed E-state index contributed by atoms with van der Waals surface area (Å²) in [6.07, 6.45) is 50.0. The van der Waals surface area contributed by atoms with Crippen molar-refractivity contribution in [2.24, 2.45) is 0 Å². The van der Waals surface area contributed by atoms with E-state index in [0.29, 0.717) is 6.17 Å². The Morgan fingerprint density at radius 1 is 0.317 bits per heavy atom. The molecule has 1 atom stereocenters. The average Bonchev–Trinajstić information content (AvgIpc) is 3.37. The van der Waals surface area contributed by atoms with Gasteiger partial charge in [-0.1, -0.05) is 194 Å². The molecule has 0 amide bonds. The normalized spacial score (nSPS) is 15.0. The van der Waals surface area contributed by atoms with Crippen LogP contribution in [0.15, 0.2) is 12.4 Å². The molecule has 0 aromatic carbocycles. The average molecular weight is 575 g/mol. The maximum absolute atomic E-state index is 2.69. The van der Waals surface area contributed by atoms with Crippen LogP contribution in [0, 0.1) is 0 Å². The second-order valence-corrected chi connectivity index (χ2v) is 13.6. The zero-order valence-corrected chi connectivity index (χ0v) is 29.0. The Bertz CT molecular complexity index is 530. The summed E-state index contributed by atoms with van der Waals surface area (Å²) >= 11 is 0. The van der Waals surface area contributed by atoms with Gasteiger partial charge < -0.3 is 9.80 Å². The highest BCUT2D eigenvalue weighted by Crippen LogP contribution is 2.24. The molecule has 1 aliphatic heterocycles. The van der Waals surface area contributed by atoms with Crippen LogP contribution < -0.4 is 0 Å². The number of hydrogen-bond acceptors (Lipinski definition) is 2. The molecule has 1 aliphatic rings. The van der Waals surface area contributed by atoms with Crippen molar-refractivity contribution >= 4 is 0 Å². The van der Waals surface area contributed by atoms with Gasteiger partial charge in [0.25, 0.3) is 0 Å². The summed E-state index contributed by atoms with van der Waals surface area (Å²) in [5, 5.41) is 0. The van der Waals surface area contributed by atoms with E-state index in [1.807, 2.05) is 0 Å². The Balaban J connectivity index is 2.02. The molecule has 2 nitrogen and oxygen atoms in total. The first-order valence-electron chi connectivity index (χ1n) is 19.5. The number of hydrogen-bond donors (Lipinski definition) is 0. The van der Waals surface area contributed by atoms with E-state index in [2.05, 4.69) is 43.0 Å². The molecule has 0 saturated carbocycles. The fraction of sp³-hybridized carbons (Fsp3) is 0.949. The van der Waals surface area contributed by atoms with Crippen molar-refractivity contribution in [1.82, 2.24) is 9.80 Å². The van der Waals surface area contributed by atoms with Crippen LogP contribution in [0.1, 0.15) is 220 Å². The predicted octanol–water partition coefficient (Wildman–Crippen LogP) is 13.6. The summed E-state index contributed by atoms with van der Waals surface area (Å²) < 4.78 is 0. The molecule has 0 aromatic heterocycles. The van der Waals surface area contributed by atoms with Gasteiger partial charge in [0.2, 0.25) is 0 Å². The third-order valence-corrected chi connectivity index (χ3v) is 9.57. The van der Waals surface area contributed by atoms with Gasteiger partial charge in [-0.3, -0.25) is 0 Å². The van der Waals surface area contributed by atoms with Crippen LogP contribution in [-0.4, -0.2) is 29.1 Å².